The standard InChI is InChI=1S/C26H27Cl2N3O/c27-15-17-31(18-16-28)24-13-11-22(12-14-24)20-29-30-26(32)25(23-9-5-2-6-10-23)19-21-7-3-1-4-8-21/h1-14,20,25H,15-19H2,(H,30,32). The van der Waals surface area contributed by atoms with Gasteiger partial charge in [-0.3, -0.25) is 4.79 Å². The lowest BCUT2D eigenvalue weighted by Gasteiger charge is -2.22. The van der Waals surface area contributed by atoms with Gasteiger partial charge in [-0.25, -0.2) is 5.43 Å². The van der Waals surface area contributed by atoms with E-state index in [0.29, 0.717) is 18.2 Å². The number of hydrazone groups is 1. The number of halogens is 2. The monoisotopic (exact) mass is 467 g/mol. The molecule has 0 spiro atoms. The average molecular weight is 468 g/mol. The van der Waals surface area contributed by atoms with Gasteiger partial charge in [0.1, 0.15) is 0 Å². The molecule has 0 fully saturated rings. The largest absolute Gasteiger partial charge is 0.369 e. The molecule has 0 bridgehead atoms. The number of carbonyl (C=O) groups excluding carboxylic acids is 1. The van der Waals surface area contributed by atoms with Gasteiger partial charge >= 0.3 is 0 Å². The summed E-state index contributed by atoms with van der Waals surface area (Å²) in [7, 11) is 0. The van der Waals surface area contributed by atoms with E-state index in [0.717, 1.165) is 35.5 Å². The molecule has 6 heteroatoms. The number of hydrogen-bond donors (Lipinski definition) is 1. The zero-order valence-electron chi connectivity index (χ0n) is 17.8. The van der Waals surface area contributed by atoms with Crippen molar-refractivity contribution in [2.75, 3.05) is 29.7 Å². The fourth-order valence-electron chi connectivity index (χ4n) is 3.49. The first-order chi connectivity index (χ1) is 15.7. The summed E-state index contributed by atoms with van der Waals surface area (Å²) in [6.07, 6.45) is 2.26. The molecule has 0 saturated carbocycles. The van der Waals surface area contributed by atoms with Crippen LogP contribution in [-0.2, 0) is 11.2 Å². The van der Waals surface area contributed by atoms with Gasteiger partial charge in [-0.2, -0.15) is 5.10 Å². The van der Waals surface area contributed by atoms with Gasteiger partial charge in [0, 0.05) is 30.5 Å². The van der Waals surface area contributed by atoms with Crippen molar-refractivity contribution >= 4 is 41.0 Å². The Morgan fingerprint density at radius 2 is 1.47 bits per heavy atom. The molecular formula is C26H27Cl2N3O. The molecule has 3 aromatic rings. The summed E-state index contributed by atoms with van der Waals surface area (Å²) >= 11 is 11.8. The molecule has 0 aliphatic heterocycles. The molecule has 0 saturated heterocycles. The Morgan fingerprint density at radius 3 is 2.06 bits per heavy atom. The van der Waals surface area contributed by atoms with Gasteiger partial charge in [-0.05, 0) is 35.2 Å². The lowest BCUT2D eigenvalue weighted by molar-refractivity contribution is -0.122. The van der Waals surface area contributed by atoms with Crippen molar-refractivity contribution in [3.8, 4) is 0 Å². The van der Waals surface area contributed by atoms with Crippen molar-refractivity contribution in [1.82, 2.24) is 5.43 Å². The Labute approximate surface area is 199 Å². The van der Waals surface area contributed by atoms with E-state index in [1.807, 2.05) is 84.9 Å². The molecule has 4 nitrogen and oxygen atoms in total. The van der Waals surface area contributed by atoms with Crippen LogP contribution in [-0.4, -0.2) is 37.0 Å². The number of alkyl halides is 2. The molecule has 0 aliphatic carbocycles. The van der Waals surface area contributed by atoms with Crippen molar-refractivity contribution in [3.63, 3.8) is 0 Å². The summed E-state index contributed by atoms with van der Waals surface area (Å²) in [5, 5.41) is 4.20. The molecule has 1 amide bonds. The van der Waals surface area contributed by atoms with Gasteiger partial charge in [0.05, 0.1) is 12.1 Å². The first kappa shape index (κ1) is 23.8. The predicted molar refractivity (Wildman–Crippen MR) is 135 cm³/mol. The van der Waals surface area contributed by atoms with Crippen molar-refractivity contribution in [2.45, 2.75) is 12.3 Å². The van der Waals surface area contributed by atoms with Crippen LogP contribution in [0, 0.1) is 0 Å². The van der Waals surface area contributed by atoms with Crippen LogP contribution >= 0.6 is 23.2 Å². The van der Waals surface area contributed by atoms with E-state index in [9.17, 15) is 4.79 Å². The lowest BCUT2D eigenvalue weighted by Crippen LogP contribution is -2.27. The maximum Gasteiger partial charge on any atom is 0.247 e. The van der Waals surface area contributed by atoms with Gasteiger partial charge < -0.3 is 4.90 Å². The number of nitrogens with one attached hydrogen (secondary N) is 1. The van der Waals surface area contributed by atoms with Crippen LogP contribution in [0.25, 0.3) is 0 Å². The minimum absolute atomic E-state index is 0.136. The van der Waals surface area contributed by atoms with Crippen LogP contribution in [0.15, 0.2) is 90.0 Å². The highest BCUT2D eigenvalue weighted by molar-refractivity contribution is 6.18. The maximum atomic E-state index is 13.0. The van der Waals surface area contributed by atoms with Crippen LogP contribution in [0.2, 0.25) is 0 Å². The van der Waals surface area contributed by atoms with Crippen LogP contribution in [0.1, 0.15) is 22.6 Å². The van der Waals surface area contributed by atoms with E-state index in [-0.39, 0.29) is 11.8 Å². The summed E-state index contributed by atoms with van der Waals surface area (Å²) < 4.78 is 0. The summed E-state index contributed by atoms with van der Waals surface area (Å²) in [5.41, 5.74) is 6.73. The highest BCUT2D eigenvalue weighted by atomic mass is 35.5. The molecule has 3 aromatic carbocycles. The van der Waals surface area contributed by atoms with E-state index in [1.165, 1.54) is 0 Å². The van der Waals surface area contributed by atoms with E-state index in [2.05, 4.69) is 15.4 Å². The summed E-state index contributed by atoms with van der Waals surface area (Å²) in [6.45, 7) is 1.47. The maximum absolute atomic E-state index is 13.0. The summed E-state index contributed by atoms with van der Waals surface area (Å²) in [5.74, 6) is 0.621. The molecule has 0 aliphatic rings. The average Bonchev–Trinajstić information content (AvgIpc) is 2.84. The normalized spacial score (nSPS) is 11.9. The topological polar surface area (TPSA) is 44.7 Å². The van der Waals surface area contributed by atoms with Crippen molar-refractivity contribution in [1.29, 1.82) is 0 Å². The van der Waals surface area contributed by atoms with Crippen molar-refractivity contribution in [3.05, 3.63) is 102 Å². The fraction of sp³-hybridized carbons (Fsp3) is 0.231. The van der Waals surface area contributed by atoms with Crippen molar-refractivity contribution < 1.29 is 4.79 Å². The fourth-order valence-corrected chi connectivity index (χ4v) is 3.90. The quantitative estimate of drug-likeness (QED) is 0.231. The molecular weight excluding hydrogens is 441 g/mol. The highest BCUT2D eigenvalue weighted by Crippen LogP contribution is 2.21. The van der Waals surface area contributed by atoms with E-state index in [1.54, 1.807) is 6.21 Å². The van der Waals surface area contributed by atoms with Crippen LogP contribution < -0.4 is 10.3 Å². The predicted octanol–water partition coefficient (Wildman–Crippen LogP) is 5.45. The second kappa shape index (κ2) is 12.9. The van der Waals surface area contributed by atoms with Crippen LogP contribution in [0.5, 0.6) is 0 Å². The minimum Gasteiger partial charge on any atom is -0.369 e. The number of hydrogen-bond acceptors (Lipinski definition) is 3. The van der Waals surface area contributed by atoms with Gasteiger partial charge in [0.25, 0.3) is 0 Å². The van der Waals surface area contributed by atoms with Crippen LogP contribution in [0.3, 0.4) is 0 Å². The smallest absolute Gasteiger partial charge is 0.247 e. The second-order valence-electron chi connectivity index (χ2n) is 7.34. The number of carbonyl (C=O) groups is 1. The number of nitrogens with zero attached hydrogens (tertiary/aromatic N) is 2. The van der Waals surface area contributed by atoms with Gasteiger partial charge in [0.15, 0.2) is 0 Å². The second-order valence-corrected chi connectivity index (χ2v) is 8.10. The Bertz CT molecular complexity index is 973. The Kier molecular flexibility index (Phi) is 9.60. The first-order valence-corrected chi connectivity index (χ1v) is 11.7. The van der Waals surface area contributed by atoms with E-state index in [4.69, 9.17) is 23.2 Å². The Balaban J connectivity index is 1.66. The number of benzene rings is 3. The van der Waals surface area contributed by atoms with E-state index < -0.39 is 0 Å². The lowest BCUT2D eigenvalue weighted by atomic mass is 9.91. The van der Waals surface area contributed by atoms with Gasteiger partial charge in [-0.1, -0.05) is 72.8 Å². The van der Waals surface area contributed by atoms with E-state index >= 15 is 0 Å². The third-order valence-corrected chi connectivity index (χ3v) is 5.49. The number of anilines is 1. The minimum atomic E-state index is -0.321. The first-order valence-electron chi connectivity index (χ1n) is 10.6. The molecule has 0 heterocycles. The van der Waals surface area contributed by atoms with Gasteiger partial charge in [0.2, 0.25) is 5.91 Å². The molecule has 1 unspecified atom stereocenters. The number of amides is 1. The third-order valence-electron chi connectivity index (χ3n) is 5.16. The SMILES string of the molecule is O=C(NN=Cc1ccc(N(CCCl)CCCl)cc1)C(Cc1ccccc1)c1ccccc1. The van der Waals surface area contributed by atoms with Gasteiger partial charge in [-0.15, -0.1) is 23.2 Å². The van der Waals surface area contributed by atoms with Crippen LogP contribution in [0.4, 0.5) is 5.69 Å². The zero-order chi connectivity index (χ0) is 22.6. The van der Waals surface area contributed by atoms with Crippen molar-refractivity contribution in [2.24, 2.45) is 5.10 Å². The Morgan fingerprint density at radius 1 is 0.875 bits per heavy atom. The third kappa shape index (κ3) is 7.11. The Hall–Kier alpha value is -2.82. The molecule has 166 valence electrons. The summed E-state index contributed by atoms with van der Waals surface area (Å²) in [6, 6.07) is 27.7. The summed E-state index contributed by atoms with van der Waals surface area (Å²) in [4.78, 5) is 15.1. The molecule has 1 atom stereocenters. The molecule has 0 radical (unpaired) electrons. The highest BCUT2D eigenvalue weighted by Gasteiger charge is 2.20. The zero-order valence-corrected chi connectivity index (χ0v) is 19.3. The molecule has 0 aromatic heterocycles. The number of rotatable bonds is 11. The molecule has 3 rings (SSSR count). The molecule has 32 heavy (non-hydrogen) atoms. The molecule has 1 N–H and O–H groups in total.